The minimum Gasteiger partial charge on any atom is -0.490 e. The average molecular weight is 2120 g/mol. The third-order valence-corrected chi connectivity index (χ3v) is 41.7. The van der Waals surface area contributed by atoms with E-state index in [4.69, 9.17) is 63.2 Å². The van der Waals surface area contributed by atoms with Crippen molar-refractivity contribution in [2.45, 2.75) is 216 Å². The first-order valence-corrected chi connectivity index (χ1v) is 58.0. The van der Waals surface area contributed by atoms with Gasteiger partial charge in [-0.1, -0.05) is 113 Å². The maximum absolute atomic E-state index is 15.6. The quantitative estimate of drug-likeness (QED) is 0.0742. The zero-order valence-corrected chi connectivity index (χ0v) is 92.2. The molecule has 3 spiro atoms. The highest BCUT2D eigenvalue weighted by Gasteiger charge is 2.60. The number of hydrogen-bond acceptors (Lipinski definition) is 18. The fourth-order valence-corrected chi connectivity index (χ4v) is 31.4. The summed E-state index contributed by atoms with van der Waals surface area (Å²) in [6.45, 7) is 36.4. The van der Waals surface area contributed by atoms with Crippen LogP contribution < -0.4 is 60.8 Å². The number of nitrogens with zero attached hydrogens (tertiary/aromatic N) is 6. The second-order valence-electron chi connectivity index (χ2n) is 49.3. The molecule has 3 saturated carbocycles. The second-order valence-corrected chi connectivity index (χ2v) is 50.5. The lowest BCUT2D eigenvalue weighted by molar-refractivity contribution is -0.130. The van der Waals surface area contributed by atoms with Crippen LogP contribution >= 0.6 is 34.8 Å². The van der Waals surface area contributed by atoms with Gasteiger partial charge in [0.1, 0.15) is 51.5 Å². The summed E-state index contributed by atoms with van der Waals surface area (Å²) in [5, 5.41) is 20.5. The van der Waals surface area contributed by atoms with Crippen LogP contribution in [-0.4, -0.2) is 246 Å². The minimum atomic E-state index is -0.493. The summed E-state index contributed by atoms with van der Waals surface area (Å²) in [4.78, 5) is 68.4. The molecule has 3 saturated heterocycles. The topological polar surface area (TPSA) is 215 Å². The molecule has 0 radical (unpaired) electrons. The highest BCUT2D eigenvalue weighted by molar-refractivity contribution is 6.31. The van der Waals surface area contributed by atoms with Crippen molar-refractivity contribution in [2.75, 3.05) is 193 Å². The van der Waals surface area contributed by atoms with Gasteiger partial charge in [-0.15, -0.1) is 0 Å². The Kier molecular flexibility index (Phi) is 30.3. The fraction of sp³-hybridized carbons (Fsp3) is 0.623. The zero-order chi connectivity index (χ0) is 104. The molecule has 0 aromatic heterocycles. The number of anilines is 3. The number of amides is 4. The summed E-state index contributed by atoms with van der Waals surface area (Å²) in [7, 11) is 5.76. The van der Waals surface area contributed by atoms with Gasteiger partial charge in [-0.25, -0.2) is 13.2 Å². The van der Waals surface area contributed by atoms with Gasteiger partial charge in [0, 0.05) is 197 Å². The van der Waals surface area contributed by atoms with Crippen LogP contribution in [-0.2, 0) is 54.5 Å². The molecule has 6 aromatic rings. The Hall–Kier alpha value is -8.44. The standard InChI is InChI=1S/C42H56ClFN4O3.C40H50ClFN4O4.C40H52ClFN4O3/c1-25-18-45-40(49)29-9-13-38-37(17-29)48(22-41(24-51-38)14-6-7-33-35(41)11-12-36(43)39(33)44)21-30-8-10-34(30)42(50-5,32-15-31(16-32)28(25)4)23-47-19-26(2)46-27(3)20-47;1-24-18-44-38(48)26-7-11-35-34(17-26)46(21-39(23-50-35)12-4-5-30-32(39)9-10-33(41)37(30)42)19-27-6-8-31(27)40(49-3,29-15-28(16-29)25(24)2)22-45-14-13-43-36(47)20-45;1-25-20-44-38(47)27-7-11-36-35(19-27)46(22-39(24-49-36)12-4-5-31-33(39)9-10-34(41)37(31)42)21-28-6-8-32(28)40(48-3,23-45-15-13-43-14-16-45)30-17-29(18-30)26(25)2/h9,11-13,15,17,25-28,30-31,34,46H,6-8,10,14,16,18-24H2,1-5H3,(H,45,49);7,9-11,15,17,24-25,27-28,31H,4-6,8,12-14,16,18-23H2,1-3H3,(H,43,47)(H,44,48);7,9-11,17,19,25-26,28-29,32,43H,4-6,8,12-16,18,20-24H2,1-3H3,(H,44,47)/t25-,26-,27+,28+,30-,31-,34+,41-,42-;24-,25+,27-,28-,31+,39-,40-;25-,26+,28-,29-,32+,39-,40-/m000/s1. The van der Waals surface area contributed by atoms with E-state index in [1.165, 1.54) is 16.7 Å². The van der Waals surface area contributed by atoms with E-state index in [1.807, 2.05) is 94.1 Å². The maximum atomic E-state index is 15.6. The van der Waals surface area contributed by atoms with Gasteiger partial charge in [0.25, 0.3) is 17.7 Å². The Balaban J connectivity index is 0.000000127. The van der Waals surface area contributed by atoms with Crippen molar-refractivity contribution < 1.29 is 60.8 Å². The molecule has 4 amide bonds. The molecule has 150 heavy (non-hydrogen) atoms. The molecule has 23 atom stereocenters. The Morgan fingerprint density at radius 2 is 0.727 bits per heavy atom. The predicted octanol–water partition coefficient (Wildman–Crippen LogP) is 19.0. The number of allylic oxidation sites excluding steroid dienone is 3. The number of methoxy groups -OCH3 is 3. The molecule has 12 heterocycles. The number of fused-ring (bicyclic) bond motifs is 18. The van der Waals surface area contributed by atoms with Crippen molar-refractivity contribution in [1.82, 2.24) is 46.6 Å². The molecule has 6 aromatic carbocycles. The van der Waals surface area contributed by atoms with E-state index >= 15 is 13.2 Å². The van der Waals surface area contributed by atoms with Gasteiger partial charge >= 0.3 is 0 Å². The molecule has 22 nitrogen and oxygen atoms in total. The Labute approximate surface area is 901 Å². The first-order chi connectivity index (χ1) is 72.3. The lowest BCUT2D eigenvalue weighted by Gasteiger charge is -2.56. The third-order valence-electron chi connectivity index (χ3n) is 40.8. The minimum absolute atomic E-state index is 0.0478. The number of nitrogens with one attached hydrogen (secondary N) is 6. The highest BCUT2D eigenvalue weighted by Crippen LogP contribution is 2.61. The summed E-state index contributed by atoms with van der Waals surface area (Å²) in [6, 6.07) is 29.7. The molecule has 0 unspecified atom stereocenters. The highest BCUT2D eigenvalue weighted by atomic mass is 35.5. The normalized spacial score (nSPS) is 35.2. The van der Waals surface area contributed by atoms with E-state index in [-0.39, 0.29) is 79.2 Å². The number of halogens is 6. The van der Waals surface area contributed by atoms with Gasteiger partial charge in [-0.2, -0.15) is 0 Å². The summed E-state index contributed by atoms with van der Waals surface area (Å²) in [5.74, 6) is 7.03. The first-order valence-electron chi connectivity index (χ1n) is 56.8. The number of carbonyl (C=O) groups is 4. The number of hydrogen-bond donors (Lipinski definition) is 6. The third kappa shape index (κ3) is 19.6. The first kappa shape index (κ1) is 106. The van der Waals surface area contributed by atoms with E-state index in [1.54, 1.807) is 18.2 Å². The number of piperazine rings is 3. The molecule has 27 rings (SSSR count). The molecule has 12 bridgehead atoms. The van der Waals surface area contributed by atoms with Crippen LogP contribution in [0.3, 0.4) is 0 Å². The van der Waals surface area contributed by atoms with Crippen LogP contribution in [0, 0.1) is 106 Å². The van der Waals surface area contributed by atoms with Crippen molar-refractivity contribution in [3.63, 3.8) is 0 Å². The van der Waals surface area contributed by atoms with Gasteiger partial charge < -0.3 is 75.0 Å². The van der Waals surface area contributed by atoms with Crippen molar-refractivity contribution in [3.8, 4) is 17.2 Å². The molecule has 6 fully saturated rings. The van der Waals surface area contributed by atoms with Crippen molar-refractivity contribution in [3.05, 3.63) is 209 Å². The molecule has 6 N–H and O–H groups in total. The molecule has 28 heteroatoms. The van der Waals surface area contributed by atoms with Crippen LogP contribution in [0.4, 0.5) is 30.2 Å². The number of ether oxygens (including phenoxy) is 6. The molecule has 21 aliphatic rings. The van der Waals surface area contributed by atoms with E-state index in [9.17, 15) is 19.2 Å². The number of benzene rings is 6. The van der Waals surface area contributed by atoms with Crippen LogP contribution in [0.15, 0.2) is 126 Å². The molecule has 9 aliphatic carbocycles. The van der Waals surface area contributed by atoms with Crippen molar-refractivity contribution in [1.29, 1.82) is 0 Å². The molecular weight excluding hydrogens is 1960 g/mol. The largest absolute Gasteiger partial charge is 0.490 e. The van der Waals surface area contributed by atoms with Crippen molar-refractivity contribution >= 4 is 75.5 Å². The zero-order valence-electron chi connectivity index (χ0n) is 89.9. The van der Waals surface area contributed by atoms with Gasteiger partial charge in [-0.05, 0) is 341 Å². The molecule has 12 aliphatic heterocycles. The van der Waals surface area contributed by atoms with Gasteiger partial charge in [0.2, 0.25) is 5.91 Å². The lowest BCUT2D eigenvalue weighted by atomic mass is 9.57. The van der Waals surface area contributed by atoms with Gasteiger partial charge in [-0.3, -0.25) is 33.9 Å². The van der Waals surface area contributed by atoms with E-state index in [0.29, 0.717) is 209 Å². The smallest absolute Gasteiger partial charge is 0.251 e. The summed E-state index contributed by atoms with van der Waals surface area (Å²) in [6.07, 6.45) is 24.5. The van der Waals surface area contributed by atoms with E-state index < -0.39 is 21.8 Å². The van der Waals surface area contributed by atoms with Crippen LogP contribution in [0.25, 0.3) is 0 Å². The summed E-state index contributed by atoms with van der Waals surface area (Å²) < 4.78 is 87.1. The molecule has 808 valence electrons. The monoisotopic (exact) mass is 2110 g/mol. The van der Waals surface area contributed by atoms with Gasteiger partial charge in [0.15, 0.2) is 0 Å². The van der Waals surface area contributed by atoms with Crippen LogP contribution in [0.2, 0.25) is 15.1 Å². The Bertz CT molecular complexity index is 6190. The summed E-state index contributed by atoms with van der Waals surface area (Å²) in [5.41, 5.74) is 11.8. The SMILES string of the molecule is CO[C@@]1(CN2CCNC(=O)C2)C2=C[C@@H](C2)[C@H](C)[C@@H](C)CNC(=O)c2ccc3c(c2)N(C[C@@H]2CC[C@H]21)C[C@@]1(CCCc2c1ccc(Cl)c2F)CO3.CO[C@@]1(CN2CCNCC2)C2=C[C@@H](C2)[C@H](C)[C@@H](C)CNC(=O)c2ccc3c(c2)N(C[C@@H]2CC[C@H]21)C[C@@]1(CCCc2c1ccc(Cl)c2F)CO3.CO[C@@]1(CN2C[C@@H](C)N[C@@H](C)C2)C2=C[C@@H](C2)[C@H](C)[C@@H](C)CNC(=O)c2ccc3c(c2)N(C[C@@H]2CC[C@H]21)C[C@@]1(CCCc2c1ccc(Cl)c2F)CO3. The van der Waals surface area contributed by atoms with Crippen LogP contribution in [0.1, 0.15) is 216 Å². The number of rotatable bonds is 9. The lowest BCUT2D eigenvalue weighted by Crippen LogP contribution is -2.63. The van der Waals surface area contributed by atoms with E-state index in [0.717, 1.165) is 237 Å². The average Bonchev–Trinajstić information content (AvgIpc) is 0.877. The Morgan fingerprint density at radius 3 is 1.05 bits per heavy atom. The Morgan fingerprint density at radius 1 is 0.400 bits per heavy atom. The van der Waals surface area contributed by atoms with Crippen molar-refractivity contribution in [2.24, 2.45) is 88.8 Å². The molecular formula is C122H158Cl3F3N12O10. The number of carbonyl (C=O) groups excluding carboxylic acids is 4. The van der Waals surface area contributed by atoms with Crippen LogP contribution in [0.5, 0.6) is 17.2 Å². The summed E-state index contributed by atoms with van der Waals surface area (Å²) >= 11 is 18.9. The predicted molar refractivity (Wildman–Crippen MR) is 586 cm³/mol. The van der Waals surface area contributed by atoms with E-state index in [2.05, 4.69) is 135 Å². The van der Waals surface area contributed by atoms with Gasteiger partial charge in [0.05, 0.1) is 58.5 Å². The fourth-order valence-electron chi connectivity index (χ4n) is 30.9. The second kappa shape index (κ2) is 42.9. The maximum Gasteiger partial charge on any atom is 0.251 e.